The molecule has 1 amide bonds. The van der Waals surface area contributed by atoms with E-state index in [1.807, 2.05) is 20.9 Å². The zero-order chi connectivity index (χ0) is 23.4. The first-order valence-corrected chi connectivity index (χ1v) is 11.9. The van der Waals surface area contributed by atoms with Crippen LogP contribution in [0.2, 0.25) is 0 Å². The van der Waals surface area contributed by atoms with Gasteiger partial charge in [0.25, 0.3) is 5.91 Å². The largest absolute Gasteiger partial charge is 0.369 e. The number of piperazine rings is 1. The van der Waals surface area contributed by atoms with Crippen LogP contribution >= 0.6 is 0 Å². The summed E-state index contributed by atoms with van der Waals surface area (Å²) in [5.74, 6) is 0.761. The van der Waals surface area contributed by atoms with Gasteiger partial charge in [-0.25, -0.2) is 0 Å². The van der Waals surface area contributed by atoms with Gasteiger partial charge in [-0.05, 0) is 70.0 Å². The Hall–Kier alpha value is -3.06. The van der Waals surface area contributed by atoms with Gasteiger partial charge < -0.3 is 14.8 Å². The van der Waals surface area contributed by atoms with E-state index in [2.05, 4.69) is 68.1 Å². The van der Waals surface area contributed by atoms with Gasteiger partial charge in [0.1, 0.15) is 11.4 Å². The van der Waals surface area contributed by atoms with Crippen molar-refractivity contribution in [3.05, 3.63) is 65.1 Å². The fourth-order valence-corrected chi connectivity index (χ4v) is 4.67. The molecule has 0 unspecified atom stereocenters. The summed E-state index contributed by atoms with van der Waals surface area (Å²) in [6, 6.07) is 12.9. The van der Waals surface area contributed by atoms with Crippen molar-refractivity contribution >= 4 is 11.6 Å². The number of carbonyl (C=O) groups excluding carboxylic acids is 1. The van der Waals surface area contributed by atoms with Crippen LogP contribution in [0.1, 0.15) is 40.2 Å². The number of nitrogens with one attached hydrogen (secondary N) is 1. The molecule has 33 heavy (non-hydrogen) atoms. The summed E-state index contributed by atoms with van der Waals surface area (Å²) >= 11 is 0. The lowest BCUT2D eigenvalue weighted by Gasteiger charge is -2.36. The highest BCUT2D eigenvalue weighted by Crippen LogP contribution is 2.20. The third-order valence-corrected chi connectivity index (χ3v) is 6.56. The number of nitrogens with zero attached hydrogens (tertiary/aromatic N) is 5. The van der Waals surface area contributed by atoms with Crippen molar-refractivity contribution in [1.82, 2.24) is 24.6 Å². The van der Waals surface area contributed by atoms with Crippen molar-refractivity contribution in [1.29, 1.82) is 0 Å². The van der Waals surface area contributed by atoms with Gasteiger partial charge in [-0.2, -0.15) is 5.10 Å². The summed E-state index contributed by atoms with van der Waals surface area (Å²) in [4.78, 5) is 17.9. The third-order valence-electron chi connectivity index (χ3n) is 6.56. The first-order valence-electron chi connectivity index (χ1n) is 11.9. The van der Waals surface area contributed by atoms with Gasteiger partial charge in [-0.3, -0.25) is 14.4 Å². The van der Waals surface area contributed by atoms with Crippen LogP contribution in [0.4, 0.5) is 5.69 Å². The molecule has 1 aliphatic rings. The smallest absolute Gasteiger partial charge is 0.256 e. The Balaban J connectivity index is 1.21. The van der Waals surface area contributed by atoms with Crippen molar-refractivity contribution in [2.75, 3.05) is 44.2 Å². The number of aryl methyl sites for hydroxylation is 4. The maximum Gasteiger partial charge on any atom is 0.256 e. The van der Waals surface area contributed by atoms with Crippen LogP contribution in [-0.2, 0) is 7.05 Å². The molecule has 0 bridgehead atoms. The number of aromatic nitrogens is 3. The van der Waals surface area contributed by atoms with E-state index in [1.54, 1.807) is 10.9 Å². The Bertz CT molecular complexity index is 1070. The fraction of sp³-hybridized carbons (Fsp3) is 0.462. The summed E-state index contributed by atoms with van der Waals surface area (Å²) in [6.07, 6.45) is 3.72. The molecule has 0 radical (unpaired) electrons. The van der Waals surface area contributed by atoms with Crippen LogP contribution in [0.3, 0.4) is 0 Å². The van der Waals surface area contributed by atoms with E-state index in [9.17, 15) is 4.79 Å². The first-order chi connectivity index (χ1) is 15.9. The highest BCUT2D eigenvalue weighted by atomic mass is 16.1. The molecule has 0 atom stereocenters. The Labute approximate surface area is 197 Å². The minimum atomic E-state index is -0.0580. The summed E-state index contributed by atoms with van der Waals surface area (Å²) in [5.41, 5.74) is 5.44. The Morgan fingerprint density at radius 1 is 1.00 bits per heavy atom. The monoisotopic (exact) mass is 448 g/mol. The minimum Gasteiger partial charge on any atom is -0.369 e. The van der Waals surface area contributed by atoms with Gasteiger partial charge in [-0.1, -0.05) is 12.1 Å². The van der Waals surface area contributed by atoms with Gasteiger partial charge in [0.15, 0.2) is 0 Å². The van der Waals surface area contributed by atoms with Crippen LogP contribution < -0.4 is 10.2 Å². The van der Waals surface area contributed by atoms with Crippen molar-refractivity contribution in [3.63, 3.8) is 0 Å². The molecular weight excluding hydrogens is 412 g/mol. The van der Waals surface area contributed by atoms with E-state index in [1.165, 1.54) is 11.3 Å². The molecule has 1 aromatic carbocycles. The van der Waals surface area contributed by atoms with E-state index in [4.69, 9.17) is 0 Å². The van der Waals surface area contributed by atoms with Crippen LogP contribution in [0, 0.1) is 20.8 Å². The van der Waals surface area contributed by atoms with Gasteiger partial charge in [0.05, 0.1) is 6.20 Å². The minimum absolute atomic E-state index is 0.0580. The average molecular weight is 449 g/mol. The summed E-state index contributed by atoms with van der Waals surface area (Å²) in [5, 5.41) is 7.43. The lowest BCUT2D eigenvalue weighted by molar-refractivity contribution is 0.0952. The molecular formula is C26H36N6O. The third kappa shape index (κ3) is 5.30. The van der Waals surface area contributed by atoms with Crippen LogP contribution in [0.15, 0.2) is 42.6 Å². The molecule has 1 aliphatic heterocycles. The summed E-state index contributed by atoms with van der Waals surface area (Å²) in [7, 11) is 1.88. The average Bonchev–Trinajstić information content (AvgIpc) is 3.34. The second-order valence-electron chi connectivity index (χ2n) is 9.09. The maximum absolute atomic E-state index is 12.9. The maximum atomic E-state index is 12.9. The molecule has 0 spiro atoms. The highest BCUT2D eigenvalue weighted by Gasteiger charge is 2.20. The van der Waals surface area contributed by atoms with Crippen LogP contribution in [0.5, 0.6) is 0 Å². The van der Waals surface area contributed by atoms with Crippen molar-refractivity contribution < 1.29 is 4.79 Å². The van der Waals surface area contributed by atoms with Crippen molar-refractivity contribution in [2.45, 2.75) is 33.6 Å². The van der Waals surface area contributed by atoms with Gasteiger partial charge in [-0.15, -0.1) is 0 Å². The molecule has 3 aromatic rings. The Morgan fingerprint density at radius 3 is 2.42 bits per heavy atom. The number of anilines is 1. The number of hydrogen-bond acceptors (Lipinski definition) is 4. The zero-order valence-electron chi connectivity index (χ0n) is 20.3. The lowest BCUT2D eigenvalue weighted by atomic mass is 10.2. The molecule has 4 rings (SSSR count). The fourth-order valence-electron chi connectivity index (χ4n) is 4.67. The quantitative estimate of drug-likeness (QED) is 0.536. The van der Waals surface area contributed by atoms with E-state index in [-0.39, 0.29) is 5.91 Å². The zero-order valence-corrected chi connectivity index (χ0v) is 20.3. The normalized spacial score (nSPS) is 14.6. The predicted molar refractivity (Wildman–Crippen MR) is 133 cm³/mol. The second kappa shape index (κ2) is 10.3. The first kappa shape index (κ1) is 23.1. The van der Waals surface area contributed by atoms with Crippen molar-refractivity contribution in [3.8, 4) is 5.82 Å². The summed E-state index contributed by atoms with van der Waals surface area (Å²) < 4.78 is 3.85. The van der Waals surface area contributed by atoms with Gasteiger partial charge in [0, 0.05) is 56.8 Å². The summed E-state index contributed by atoms with van der Waals surface area (Å²) in [6.45, 7) is 12.3. The molecule has 0 saturated carbocycles. The van der Waals surface area contributed by atoms with Crippen LogP contribution in [-0.4, -0.2) is 64.4 Å². The van der Waals surface area contributed by atoms with Gasteiger partial charge in [0.2, 0.25) is 0 Å². The van der Waals surface area contributed by atoms with Gasteiger partial charge >= 0.3 is 0 Å². The second-order valence-corrected chi connectivity index (χ2v) is 9.09. The molecule has 176 valence electrons. The molecule has 7 heteroatoms. The number of hydrogen-bond donors (Lipinski definition) is 1. The van der Waals surface area contributed by atoms with Crippen LogP contribution in [0.25, 0.3) is 5.82 Å². The number of carbonyl (C=O) groups is 1. The molecule has 1 N–H and O–H groups in total. The number of rotatable bonds is 8. The molecule has 1 saturated heterocycles. The molecule has 7 nitrogen and oxygen atoms in total. The van der Waals surface area contributed by atoms with E-state index >= 15 is 0 Å². The van der Waals surface area contributed by atoms with E-state index < -0.39 is 0 Å². The number of unbranched alkanes of at least 4 members (excludes halogenated alkanes) is 1. The predicted octanol–water partition coefficient (Wildman–Crippen LogP) is 3.47. The van der Waals surface area contributed by atoms with E-state index in [0.29, 0.717) is 12.1 Å². The lowest BCUT2D eigenvalue weighted by Crippen LogP contribution is -2.46. The topological polar surface area (TPSA) is 58.3 Å². The van der Waals surface area contributed by atoms with Crippen molar-refractivity contribution in [2.24, 2.45) is 7.05 Å². The highest BCUT2D eigenvalue weighted by molar-refractivity contribution is 5.97. The molecule has 3 heterocycles. The molecule has 2 aromatic heterocycles. The molecule has 1 fully saturated rings. The molecule has 0 aliphatic carbocycles. The van der Waals surface area contributed by atoms with E-state index in [0.717, 1.165) is 62.8 Å². The Kier molecular flexibility index (Phi) is 7.18. The Morgan fingerprint density at radius 2 is 1.73 bits per heavy atom. The number of amides is 1. The number of benzene rings is 1. The standard InChI is InChI=1S/C26H36N6O/c1-20-8-7-9-23(18-20)31-16-14-30(15-17-31)13-6-5-12-27-25(33)24-19-28-29(4)26(24)32-21(2)10-11-22(32)3/h7-11,18-19H,5-6,12-17H2,1-4H3,(H,27,33). The SMILES string of the molecule is Cc1cccc(N2CCN(CCCCNC(=O)c3cnn(C)c3-n3c(C)ccc3C)CC2)c1.